The van der Waals surface area contributed by atoms with Crippen LogP contribution in [0.5, 0.6) is 5.75 Å². The molecule has 0 saturated carbocycles. The van der Waals surface area contributed by atoms with E-state index >= 15 is 0 Å². The molecule has 0 atom stereocenters. The second-order valence-corrected chi connectivity index (χ2v) is 4.66. The van der Waals surface area contributed by atoms with Gasteiger partial charge in [0.15, 0.2) is 5.78 Å². The van der Waals surface area contributed by atoms with E-state index in [-0.39, 0.29) is 5.78 Å². The van der Waals surface area contributed by atoms with E-state index in [4.69, 9.17) is 4.74 Å². The topological polar surface area (TPSA) is 26.3 Å². The Balaban J connectivity index is 2.26. The van der Waals surface area contributed by atoms with E-state index in [1.165, 1.54) is 19.3 Å². The first-order valence-electron chi connectivity index (χ1n) is 7.10. The van der Waals surface area contributed by atoms with Crippen LogP contribution in [0.15, 0.2) is 36.4 Å². The summed E-state index contributed by atoms with van der Waals surface area (Å²) in [6.45, 7) is 2.21. The lowest BCUT2D eigenvalue weighted by atomic mass is 10.1. The Kier molecular flexibility index (Phi) is 7.64. The van der Waals surface area contributed by atoms with Gasteiger partial charge in [0.05, 0.1) is 7.11 Å². The summed E-state index contributed by atoms with van der Waals surface area (Å²) in [4.78, 5) is 11.9. The van der Waals surface area contributed by atoms with Crippen LogP contribution in [0.3, 0.4) is 0 Å². The van der Waals surface area contributed by atoms with Crippen molar-refractivity contribution >= 4 is 5.78 Å². The molecule has 0 aromatic heterocycles. The number of methoxy groups -OCH3 is 1. The minimum Gasteiger partial charge on any atom is -0.497 e. The molecule has 0 unspecified atom stereocenters. The van der Waals surface area contributed by atoms with E-state index in [0.717, 1.165) is 24.2 Å². The molecule has 2 heteroatoms. The smallest absolute Gasteiger partial charge is 0.163 e. The number of carbonyl (C=O) groups is 1. The normalized spacial score (nSPS) is 10.8. The van der Waals surface area contributed by atoms with Crippen LogP contribution in [0.4, 0.5) is 0 Å². The third-order valence-electron chi connectivity index (χ3n) is 3.09. The third kappa shape index (κ3) is 6.23. The highest BCUT2D eigenvalue weighted by Gasteiger charge is 2.04. The molecule has 0 aliphatic rings. The fourth-order valence-corrected chi connectivity index (χ4v) is 1.88. The van der Waals surface area contributed by atoms with Gasteiger partial charge in [-0.25, -0.2) is 0 Å². The lowest BCUT2D eigenvalue weighted by Crippen LogP contribution is -1.97. The summed E-state index contributed by atoms with van der Waals surface area (Å²) in [5, 5.41) is 0. The van der Waals surface area contributed by atoms with Crippen molar-refractivity contribution in [2.75, 3.05) is 7.11 Å². The minimum absolute atomic E-state index is 0.195. The first kappa shape index (κ1) is 15.5. The Bertz CT molecular complexity index is 390. The molecule has 0 saturated heterocycles. The van der Waals surface area contributed by atoms with Gasteiger partial charge in [-0.2, -0.15) is 0 Å². The largest absolute Gasteiger partial charge is 0.497 e. The number of hydrogen-bond donors (Lipinski definition) is 0. The van der Waals surface area contributed by atoms with E-state index in [1.807, 2.05) is 24.3 Å². The molecule has 2 nitrogen and oxygen atoms in total. The molecule has 0 fully saturated rings. The number of unbranched alkanes of at least 4 members (excludes halogenated alkanes) is 3. The molecule has 1 aromatic carbocycles. The molecular formula is C17H24O2. The number of hydrogen-bond acceptors (Lipinski definition) is 2. The predicted molar refractivity (Wildman–Crippen MR) is 79.8 cm³/mol. The van der Waals surface area contributed by atoms with E-state index in [9.17, 15) is 4.79 Å². The van der Waals surface area contributed by atoms with Crippen molar-refractivity contribution in [2.24, 2.45) is 0 Å². The van der Waals surface area contributed by atoms with Crippen LogP contribution >= 0.6 is 0 Å². The van der Waals surface area contributed by atoms with Gasteiger partial charge >= 0.3 is 0 Å². The highest BCUT2D eigenvalue weighted by molar-refractivity contribution is 5.96. The van der Waals surface area contributed by atoms with Crippen molar-refractivity contribution in [1.82, 2.24) is 0 Å². The van der Waals surface area contributed by atoms with Crippen molar-refractivity contribution in [3.05, 3.63) is 42.0 Å². The van der Waals surface area contributed by atoms with Crippen LogP contribution in [0.1, 0.15) is 55.8 Å². The van der Waals surface area contributed by atoms with Crippen LogP contribution in [0.25, 0.3) is 0 Å². The maximum absolute atomic E-state index is 11.9. The van der Waals surface area contributed by atoms with Gasteiger partial charge in [-0.05, 0) is 43.5 Å². The molecule has 0 spiro atoms. The molecule has 104 valence electrons. The lowest BCUT2D eigenvalue weighted by Gasteiger charge is -2.01. The summed E-state index contributed by atoms with van der Waals surface area (Å²) in [5.74, 6) is 0.980. The number of carbonyl (C=O) groups excluding carboxylic acids is 1. The van der Waals surface area contributed by atoms with Crippen molar-refractivity contribution in [3.8, 4) is 5.75 Å². The van der Waals surface area contributed by atoms with Crippen LogP contribution in [-0.2, 0) is 0 Å². The molecule has 0 aliphatic heterocycles. The first-order chi connectivity index (χ1) is 9.27. The van der Waals surface area contributed by atoms with Crippen LogP contribution in [0, 0.1) is 0 Å². The number of benzene rings is 1. The first-order valence-corrected chi connectivity index (χ1v) is 7.10. The van der Waals surface area contributed by atoms with Crippen molar-refractivity contribution < 1.29 is 9.53 Å². The molecule has 0 amide bonds. The second-order valence-electron chi connectivity index (χ2n) is 4.66. The number of ether oxygens (including phenoxy) is 1. The van der Waals surface area contributed by atoms with E-state index in [0.29, 0.717) is 6.42 Å². The molecule has 19 heavy (non-hydrogen) atoms. The Labute approximate surface area is 116 Å². The monoisotopic (exact) mass is 260 g/mol. The molecule has 0 aliphatic carbocycles. The van der Waals surface area contributed by atoms with Gasteiger partial charge in [-0.1, -0.05) is 31.9 Å². The number of rotatable bonds is 9. The number of ketones is 1. The SMILES string of the molecule is CCCCC/C=C/CCC(=O)c1ccc(OC)cc1. The second kappa shape index (κ2) is 9.37. The summed E-state index contributed by atoms with van der Waals surface area (Å²) in [6, 6.07) is 7.31. The van der Waals surface area contributed by atoms with Crippen molar-refractivity contribution in [1.29, 1.82) is 0 Å². The quantitative estimate of drug-likeness (QED) is 0.362. The van der Waals surface area contributed by atoms with E-state index < -0.39 is 0 Å². The van der Waals surface area contributed by atoms with Gasteiger partial charge in [0, 0.05) is 12.0 Å². The summed E-state index contributed by atoms with van der Waals surface area (Å²) >= 11 is 0. The molecule has 0 N–H and O–H groups in total. The van der Waals surface area contributed by atoms with Gasteiger partial charge in [0.2, 0.25) is 0 Å². The fourth-order valence-electron chi connectivity index (χ4n) is 1.88. The highest BCUT2D eigenvalue weighted by atomic mass is 16.5. The minimum atomic E-state index is 0.195. The Morgan fingerprint density at radius 1 is 1.11 bits per heavy atom. The summed E-state index contributed by atoms with van der Waals surface area (Å²) < 4.78 is 5.07. The summed E-state index contributed by atoms with van der Waals surface area (Å²) in [6.07, 6.45) is 10.6. The fraction of sp³-hybridized carbons (Fsp3) is 0.471. The van der Waals surface area contributed by atoms with Gasteiger partial charge in [-0.15, -0.1) is 0 Å². The van der Waals surface area contributed by atoms with E-state index in [1.54, 1.807) is 7.11 Å². The Morgan fingerprint density at radius 3 is 2.42 bits per heavy atom. The molecule has 0 bridgehead atoms. The van der Waals surface area contributed by atoms with Crippen LogP contribution < -0.4 is 4.74 Å². The number of allylic oxidation sites excluding steroid dienone is 2. The molecule has 1 rings (SSSR count). The Hall–Kier alpha value is -1.57. The molecule has 1 aromatic rings. The summed E-state index contributed by atoms with van der Waals surface area (Å²) in [7, 11) is 1.63. The van der Waals surface area contributed by atoms with Gasteiger partial charge in [0.25, 0.3) is 0 Å². The lowest BCUT2D eigenvalue weighted by molar-refractivity contribution is 0.0983. The third-order valence-corrected chi connectivity index (χ3v) is 3.09. The average Bonchev–Trinajstić information content (AvgIpc) is 2.46. The van der Waals surface area contributed by atoms with Gasteiger partial charge < -0.3 is 4.74 Å². The van der Waals surface area contributed by atoms with Crippen LogP contribution in [0.2, 0.25) is 0 Å². The van der Waals surface area contributed by atoms with E-state index in [2.05, 4.69) is 19.1 Å². The maximum atomic E-state index is 11.9. The predicted octanol–water partition coefficient (Wildman–Crippen LogP) is 4.79. The van der Waals surface area contributed by atoms with Gasteiger partial charge in [0.1, 0.15) is 5.75 Å². The molecule has 0 radical (unpaired) electrons. The Morgan fingerprint density at radius 2 is 1.79 bits per heavy atom. The maximum Gasteiger partial charge on any atom is 0.163 e. The van der Waals surface area contributed by atoms with Gasteiger partial charge in [-0.3, -0.25) is 4.79 Å². The highest BCUT2D eigenvalue weighted by Crippen LogP contribution is 2.13. The summed E-state index contributed by atoms with van der Waals surface area (Å²) in [5.41, 5.74) is 0.764. The van der Waals surface area contributed by atoms with Crippen molar-refractivity contribution in [2.45, 2.75) is 45.4 Å². The van der Waals surface area contributed by atoms with Crippen LogP contribution in [-0.4, -0.2) is 12.9 Å². The number of Topliss-reactive ketones (excluding diaryl/α,β-unsaturated/α-hetero) is 1. The molecule has 0 heterocycles. The zero-order valence-electron chi connectivity index (χ0n) is 12.0. The average molecular weight is 260 g/mol. The standard InChI is InChI=1S/C17H24O2/c1-3-4-5-6-7-8-9-10-17(18)15-11-13-16(19-2)14-12-15/h7-8,11-14H,3-6,9-10H2,1-2H3/b8-7+. The van der Waals surface area contributed by atoms with Crippen molar-refractivity contribution in [3.63, 3.8) is 0 Å². The zero-order valence-corrected chi connectivity index (χ0v) is 12.0. The molecular weight excluding hydrogens is 236 g/mol. The zero-order chi connectivity index (χ0) is 13.9.